The number of nitrogens with two attached hydrogens (primary N) is 2. The third-order valence-corrected chi connectivity index (χ3v) is 6.88. The number of nitrogen functional groups attached to an aromatic ring is 2. The van der Waals surface area contributed by atoms with Crippen LogP contribution in [0, 0.1) is 13.8 Å². The lowest BCUT2D eigenvalue weighted by Crippen LogP contribution is -2.13. The molecule has 2 aromatic carbocycles. The van der Waals surface area contributed by atoms with Crippen molar-refractivity contribution in [3.63, 3.8) is 0 Å². The van der Waals surface area contributed by atoms with E-state index in [0.717, 1.165) is 33.8 Å². The van der Waals surface area contributed by atoms with Gasteiger partial charge in [0.15, 0.2) is 23.1 Å². The van der Waals surface area contributed by atoms with Crippen LogP contribution in [-0.4, -0.2) is 46.0 Å². The van der Waals surface area contributed by atoms with Crippen molar-refractivity contribution in [2.24, 2.45) is 0 Å². The fourth-order valence-corrected chi connectivity index (χ4v) is 4.51. The number of nitrogens with one attached hydrogen (secondary N) is 2. The fourth-order valence-electron chi connectivity index (χ4n) is 4.51. The molecule has 14 heteroatoms. The van der Waals surface area contributed by atoms with Crippen LogP contribution in [0.5, 0.6) is 34.5 Å². The number of anilines is 4. The Kier molecular flexibility index (Phi) is 12.5. The Bertz CT molecular complexity index is 1780. The summed E-state index contributed by atoms with van der Waals surface area (Å²) in [5.74, 6) is 3.98. The van der Waals surface area contributed by atoms with Gasteiger partial charge in [-0.3, -0.25) is 14.9 Å². The number of aryl methyl sites for hydroxylation is 2. The number of amides is 2. The molecular formula is C34H44N8O6. The van der Waals surface area contributed by atoms with Crippen LogP contribution in [0.3, 0.4) is 0 Å². The van der Waals surface area contributed by atoms with Gasteiger partial charge in [0.1, 0.15) is 23.0 Å². The zero-order valence-corrected chi connectivity index (χ0v) is 29.0. The zero-order chi connectivity index (χ0) is 35.7. The van der Waals surface area contributed by atoms with E-state index in [4.69, 9.17) is 30.4 Å². The van der Waals surface area contributed by atoms with Crippen LogP contribution in [-0.2, 0) is 9.59 Å². The van der Waals surface area contributed by atoms with Gasteiger partial charge in [-0.05, 0) is 61.1 Å². The number of rotatable bonds is 10. The van der Waals surface area contributed by atoms with Crippen molar-refractivity contribution in [3.8, 4) is 34.5 Å². The SMILES string of the molecule is COc1cc(C(C)C)c(Oc2cnc(N)nc2N)cc1C.COc1cc(C(C)C)c(Oc2cnc(NC(C)=O)nc2NC(C)=O)cc1C. The van der Waals surface area contributed by atoms with E-state index in [1.54, 1.807) is 14.2 Å². The first kappa shape index (κ1) is 36.8. The summed E-state index contributed by atoms with van der Waals surface area (Å²) >= 11 is 0. The van der Waals surface area contributed by atoms with Crippen LogP contribution >= 0.6 is 0 Å². The van der Waals surface area contributed by atoms with Gasteiger partial charge in [-0.2, -0.15) is 9.97 Å². The van der Waals surface area contributed by atoms with Crippen LogP contribution in [0.25, 0.3) is 0 Å². The van der Waals surface area contributed by atoms with Gasteiger partial charge in [0.2, 0.25) is 23.7 Å². The lowest BCUT2D eigenvalue weighted by atomic mass is 10.00. The molecule has 6 N–H and O–H groups in total. The number of ether oxygens (including phenoxy) is 4. The molecule has 0 unspecified atom stereocenters. The largest absolute Gasteiger partial charge is 0.496 e. The van der Waals surface area contributed by atoms with Gasteiger partial charge in [-0.1, -0.05) is 27.7 Å². The van der Waals surface area contributed by atoms with E-state index in [2.05, 4.69) is 44.4 Å². The first-order valence-electron chi connectivity index (χ1n) is 15.2. The zero-order valence-electron chi connectivity index (χ0n) is 29.0. The predicted octanol–water partition coefficient (Wildman–Crippen LogP) is 6.50. The normalized spacial score (nSPS) is 10.6. The second-order valence-electron chi connectivity index (χ2n) is 11.5. The van der Waals surface area contributed by atoms with Gasteiger partial charge in [0.25, 0.3) is 0 Å². The number of aromatic nitrogens is 4. The van der Waals surface area contributed by atoms with Crippen molar-refractivity contribution in [1.29, 1.82) is 0 Å². The second-order valence-corrected chi connectivity index (χ2v) is 11.5. The van der Waals surface area contributed by atoms with Gasteiger partial charge in [-0.25, -0.2) is 9.97 Å². The van der Waals surface area contributed by atoms with Crippen molar-refractivity contribution in [2.75, 3.05) is 36.3 Å². The van der Waals surface area contributed by atoms with Crippen LogP contribution in [0.15, 0.2) is 36.7 Å². The molecule has 0 atom stereocenters. The van der Waals surface area contributed by atoms with Gasteiger partial charge in [0, 0.05) is 25.0 Å². The molecule has 2 aromatic heterocycles. The van der Waals surface area contributed by atoms with Crippen molar-refractivity contribution in [3.05, 3.63) is 58.9 Å². The van der Waals surface area contributed by atoms with E-state index in [-0.39, 0.29) is 52.9 Å². The molecule has 4 rings (SSSR count). The van der Waals surface area contributed by atoms with E-state index in [1.807, 2.05) is 52.0 Å². The van der Waals surface area contributed by atoms with Crippen LogP contribution in [0.4, 0.5) is 23.5 Å². The Morgan fingerprint density at radius 3 is 1.58 bits per heavy atom. The van der Waals surface area contributed by atoms with Gasteiger partial charge < -0.3 is 35.7 Å². The molecule has 0 spiro atoms. The molecular weight excluding hydrogens is 616 g/mol. The molecule has 0 aliphatic carbocycles. The summed E-state index contributed by atoms with van der Waals surface area (Å²) in [5, 5.41) is 5.08. The number of carbonyl (C=O) groups is 2. The summed E-state index contributed by atoms with van der Waals surface area (Å²) in [6.07, 6.45) is 2.88. The Labute approximate surface area is 280 Å². The standard InChI is InChI=1S/C19H24N4O4.C15H20N4O2/c1-10(2)14-8-15(26-6)11(3)7-16(14)27-17-9-20-19(22-13(5)25)23-18(17)21-12(4)24;1-8(2)10-6-11(20-4)9(3)5-12(10)21-13-7-18-15(17)19-14(13)16/h7-10H,1-6H3,(H2,20,21,22,23,24,25);5-8H,1-4H3,(H4,16,17,18,19). The number of benzene rings is 2. The summed E-state index contributed by atoms with van der Waals surface area (Å²) in [5.41, 5.74) is 15.1. The molecule has 14 nitrogen and oxygen atoms in total. The molecule has 0 bridgehead atoms. The topological polar surface area (TPSA) is 199 Å². The second kappa shape index (κ2) is 16.3. The first-order chi connectivity index (χ1) is 22.6. The quantitative estimate of drug-likeness (QED) is 0.144. The van der Waals surface area contributed by atoms with Gasteiger partial charge in [0.05, 0.1) is 26.6 Å². The third-order valence-electron chi connectivity index (χ3n) is 6.88. The summed E-state index contributed by atoms with van der Waals surface area (Å²) in [4.78, 5) is 38.8. The van der Waals surface area contributed by atoms with Crippen LogP contribution in [0.2, 0.25) is 0 Å². The number of methoxy groups -OCH3 is 2. The summed E-state index contributed by atoms with van der Waals surface area (Å²) in [6, 6.07) is 7.70. The van der Waals surface area contributed by atoms with E-state index in [1.165, 1.54) is 26.2 Å². The predicted molar refractivity (Wildman–Crippen MR) is 185 cm³/mol. The molecule has 256 valence electrons. The highest BCUT2D eigenvalue weighted by atomic mass is 16.5. The average Bonchev–Trinajstić information content (AvgIpc) is 2.99. The number of carbonyl (C=O) groups excluding carboxylic acids is 2. The molecule has 0 aliphatic heterocycles. The maximum absolute atomic E-state index is 11.5. The molecule has 2 amide bonds. The van der Waals surface area contributed by atoms with Gasteiger partial charge in [-0.15, -0.1) is 0 Å². The fraction of sp³-hybridized carbons (Fsp3) is 0.353. The molecule has 0 fully saturated rings. The molecule has 0 aliphatic rings. The number of nitrogens with zero attached hydrogens (tertiary/aromatic N) is 4. The molecule has 0 saturated heterocycles. The minimum atomic E-state index is -0.317. The Morgan fingerprint density at radius 2 is 1.15 bits per heavy atom. The summed E-state index contributed by atoms with van der Waals surface area (Å²) < 4.78 is 22.7. The molecule has 48 heavy (non-hydrogen) atoms. The highest BCUT2D eigenvalue weighted by Gasteiger charge is 2.18. The number of hydrogen-bond acceptors (Lipinski definition) is 12. The maximum Gasteiger partial charge on any atom is 0.231 e. The Morgan fingerprint density at radius 1 is 0.667 bits per heavy atom. The highest BCUT2D eigenvalue weighted by molar-refractivity contribution is 5.90. The van der Waals surface area contributed by atoms with E-state index in [0.29, 0.717) is 17.2 Å². The average molecular weight is 661 g/mol. The lowest BCUT2D eigenvalue weighted by molar-refractivity contribution is -0.115. The minimum absolute atomic E-state index is 0.0774. The van der Waals surface area contributed by atoms with E-state index >= 15 is 0 Å². The summed E-state index contributed by atoms with van der Waals surface area (Å²) in [6.45, 7) is 14.8. The summed E-state index contributed by atoms with van der Waals surface area (Å²) in [7, 11) is 3.27. The first-order valence-corrected chi connectivity index (χ1v) is 15.2. The molecule has 0 radical (unpaired) electrons. The number of hydrogen-bond donors (Lipinski definition) is 4. The van der Waals surface area contributed by atoms with Crippen LogP contribution < -0.4 is 41.0 Å². The van der Waals surface area contributed by atoms with Gasteiger partial charge >= 0.3 is 0 Å². The third kappa shape index (κ3) is 9.67. The Balaban J connectivity index is 0.000000269. The monoisotopic (exact) mass is 660 g/mol. The van der Waals surface area contributed by atoms with Crippen molar-refractivity contribution >= 4 is 35.3 Å². The lowest BCUT2D eigenvalue weighted by Gasteiger charge is -2.18. The molecule has 0 saturated carbocycles. The smallest absolute Gasteiger partial charge is 0.231 e. The van der Waals surface area contributed by atoms with Crippen LogP contribution in [0.1, 0.15) is 75.6 Å². The molecule has 2 heterocycles. The Hall–Kier alpha value is -5.66. The minimum Gasteiger partial charge on any atom is -0.496 e. The van der Waals surface area contributed by atoms with Crippen molar-refractivity contribution < 1.29 is 28.5 Å². The highest BCUT2D eigenvalue weighted by Crippen LogP contribution is 2.38. The molecule has 4 aromatic rings. The van der Waals surface area contributed by atoms with E-state index < -0.39 is 0 Å². The van der Waals surface area contributed by atoms with Crippen molar-refractivity contribution in [1.82, 2.24) is 19.9 Å². The van der Waals surface area contributed by atoms with E-state index in [9.17, 15) is 9.59 Å². The van der Waals surface area contributed by atoms with Crippen molar-refractivity contribution in [2.45, 2.75) is 67.2 Å². The maximum atomic E-state index is 11.5.